The third-order valence-electron chi connectivity index (χ3n) is 5.11. The number of aromatic hydroxyl groups is 1. The second kappa shape index (κ2) is 8.40. The van der Waals surface area contributed by atoms with Crippen molar-refractivity contribution in [3.05, 3.63) is 60.2 Å². The number of amides is 1. The molecule has 1 aromatic carbocycles. The molecular weight excluding hydrogens is 370 g/mol. The smallest absolute Gasteiger partial charge is 0.409 e. The number of rotatable bonds is 4. The molecule has 0 bridgehead atoms. The van der Waals surface area contributed by atoms with Crippen LogP contribution in [-0.2, 0) is 4.74 Å². The fourth-order valence-corrected chi connectivity index (χ4v) is 3.72. The van der Waals surface area contributed by atoms with Gasteiger partial charge in [-0.2, -0.15) is 0 Å². The van der Waals surface area contributed by atoms with Gasteiger partial charge in [-0.15, -0.1) is 0 Å². The molecule has 0 saturated carbocycles. The molecule has 1 fully saturated rings. The summed E-state index contributed by atoms with van der Waals surface area (Å²) in [5, 5.41) is 11.0. The second-order valence-electron chi connectivity index (χ2n) is 6.81. The van der Waals surface area contributed by atoms with Gasteiger partial charge in [0, 0.05) is 50.3 Å². The number of nitrogens with zero attached hydrogens (tertiary/aromatic N) is 5. The zero-order valence-corrected chi connectivity index (χ0v) is 16.2. The van der Waals surface area contributed by atoms with E-state index in [0.29, 0.717) is 43.8 Å². The van der Waals surface area contributed by atoms with Crippen molar-refractivity contribution in [2.24, 2.45) is 0 Å². The predicted molar refractivity (Wildman–Crippen MR) is 107 cm³/mol. The summed E-state index contributed by atoms with van der Waals surface area (Å²) < 4.78 is 5.11. The van der Waals surface area contributed by atoms with E-state index >= 15 is 0 Å². The molecule has 1 aliphatic rings. The molecule has 1 atom stereocenters. The molecular formula is C21H23N5O3. The molecule has 8 heteroatoms. The highest BCUT2D eigenvalue weighted by atomic mass is 16.6. The minimum atomic E-state index is -0.287. The Balaban J connectivity index is 1.68. The van der Waals surface area contributed by atoms with Gasteiger partial charge in [0.25, 0.3) is 0 Å². The maximum absolute atomic E-state index is 12.0. The first kappa shape index (κ1) is 19.1. The van der Waals surface area contributed by atoms with Crippen molar-refractivity contribution in [1.82, 2.24) is 24.8 Å². The minimum absolute atomic E-state index is 0.110. The number of carbonyl (C=O) groups is 1. The molecule has 29 heavy (non-hydrogen) atoms. The lowest BCUT2D eigenvalue weighted by Gasteiger charge is -2.38. The van der Waals surface area contributed by atoms with Crippen molar-refractivity contribution < 1.29 is 14.6 Å². The van der Waals surface area contributed by atoms with Gasteiger partial charge < -0.3 is 14.7 Å². The maximum Gasteiger partial charge on any atom is 0.409 e. The van der Waals surface area contributed by atoms with Gasteiger partial charge in [-0.3, -0.25) is 14.9 Å². The van der Waals surface area contributed by atoms with Crippen molar-refractivity contribution >= 4 is 17.1 Å². The Bertz CT molecular complexity index is 990. The summed E-state index contributed by atoms with van der Waals surface area (Å²) in [5.41, 5.74) is 2.66. The normalized spacial score (nSPS) is 16.0. The first-order valence-electron chi connectivity index (χ1n) is 9.68. The van der Waals surface area contributed by atoms with E-state index in [0.717, 1.165) is 11.3 Å². The van der Waals surface area contributed by atoms with Crippen molar-refractivity contribution in [3.8, 4) is 5.75 Å². The third kappa shape index (κ3) is 3.84. The van der Waals surface area contributed by atoms with Gasteiger partial charge in [0.1, 0.15) is 11.3 Å². The van der Waals surface area contributed by atoms with E-state index in [1.807, 2.05) is 30.3 Å². The second-order valence-corrected chi connectivity index (χ2v) is 6.81. The van der Waals surface area contributed by atoms with Crippen LogP contribution in [0.2, 0.25) is 0 Å². The molecule has 3 aromatic rings. The Morgan fingerprint density at radius 3 is 2.59 bits per heavy atom. The third-order valence-corrected chi connectivity index (χ3v) is 5.11. The van der Waals surface area contributed by atoms with Crippen molar-refractivity contribution in [2.45, 2.75) is 13.0 Å². The van der Waals surface area contributed by atoms with E-state index in [4.69, 9.17) is 4.74 Å². The lowest BCUT2D eigenvalue weighted by atomic mass is 9.98. The quantitative estimate of drug-likeness (QED) is 0.728. The Morgan fingerprint density at radius 2 is 1.86 bits per heavy atom. The van der Waals surface area contributed by atoms with E-state index in [1.165, 1.54) is 0 Å². The van der Waals surface area contributed by atoms with Gasteiger partial charge in [-0.25, -0.2) is 9.78 Å². The molecule has 1 unspecified atom stereocenters. The topological polar surface area (TPSA) is 91.7 Å². The highest BCUT2D eigenvalue weighted by molar-refractivity contribution is 5.82. The largest absolute Gasteiger partial charge is 0.505 e. The number of ether oxygens (including phenoxy) is 1. The molecule has 1 N–H and O–H groups in total. The van der Waals surface area contributed by atoms with Gasteiger partial charge in [0.2, 0.25) is 0 Å². The number of benzene rings is 1. The van der Waals surface area contributed by atoms with E-state index < -0.39 is 0 Å². The average molecular weight is 393 g/mol. The number of aromatic nitrogens is 3. The van der Waals surface area contributed by atoms with Crippen molar-refractivity contribution in [3.63, 3.8) is 0 Å². The van der Waals surface area contributed by atoms with Crippen LogP contribution in [0, 0.1) is 0 Å². The van der Waals surface area contributed by atoms with Crippen LogP contribution in [0.15, 0.2) is 48.9 Å². The molecule has 1 saturated heterocycles. The molecule has 8 nitrogen and oxygen atoms in total. The van der Waals surface area contributed by atoms with E-state index in [-0.39, 0.29) is 17.9 Å². The number of carbonyl (C=O) groups excluding carboxylic acids is 1. The SMILES string of the molecule is CCOC(=O)N1CCN(C(c2ccccn2)c2ccc3nccnc3c2O)CC1. The Hall–Kier alpha value is -3.26. The van der Waals surface area contributed by atoms with Crippen LogP contribution < -0.4 is 0 Å². The minimum Gasteiger partial charge on any atom is -0.505 e. The summed E-state index contributed by atoms with van der Waals surface area (Å²) in [6.45, 7) is 4.54. The number of piperazine rings is 1. The van der Waals surface area contributed by atoms with Crippen LogP contribution in [0.4, 0.5) is 4.79 Å². The molecule has 0 spiro atoms. The molecule has 3 heterocycles. The summed E-state index contributed by atoms with van der Waals surface area (Å²) in [4.78, 5) is 29.1. The van der Waals surface area contributed by atoms with Crippen LogP contribution >= 0.6 is 0 Å². The summed E-state index contributed by atoms with van der Waals surface area (Å²) in [5.74, 6) is 0.110. The van der Waals surface area contributed by atoms with Crippen LogP contribution in [-0.4, -0.2) is 68.7 Å². The average Bonchev–Trinajstić information content (AvgIpc) is 2.77. The number of phenols is 1. The van der Waals surface area contributed by atoms with Gasteiger partial charge in [0.05, 0.1) is 23.9 Å². The van der Waals surface area contributed by atoms with E-state index in [1.54, 1.807) is 30.4 Å². The monoisotopic (exact) mass is 393 g/mol. The first-order valence-corrected chi connectivity index (χ1v) is 9.68. The fourth-order valence-electron chi connectivity index (χ4n) is 3.72. The standard InChI is InChI=1S/C21H23N5O3/c1-2-29-21(28)26-13-11-25(12-14-26)19(17-5-3-4-8-22-17)15-6-7-16-18(20(15)27)24-10-9-23-16/h3-10,19,27H,2,11-14H2,1H3. The Labute approximate surface area is 168 Å². The zero-order valence-electron chi connectivity index (χ0n) is 16.2. The fraction of sp³-hybridized carbons (Fsp3) is 0.333. The molecule has 0 radical (unpaired) electrons. The Morgan fingerprint density at radius 1 is 1.07 bits per heavy atom. The zero-order chi connectivity index (χ0) is 20.2. The van der Waals surface area contributed by atoms with Crippen LogP contribution in [0.3, 0.4) is 0 Å². The van der Waals surface area contributed by atoms with Gasteiger partial charge in [0.15, 0.2) is 0 Å². The lowest BCUT2D eigenvalue weighted by molar-refractivity contribution is 0.0707. The highest BCUT2D eigenvalue weighted by Crippen LogP contribution is 2.37. The van der Waals surface area contributed by atoms with Crippen molar-refractivity contribution in [2.75, 3.05) is 32.8 Å². The summed E-state index contributed by atoms with van der Waals surface area (Å²) in [6.07, 6.45) is 4.63. The molecule has 1 amide bonds. The van der Waals surface area contributed by atoms with Gasteiger partial charge in [-0.05, 0) is 25.1 Å². The van der Waals surface area contributed by atoms with Gasteiger partial charge >= 0.3 is 6.09 Å². The van der Waals surface area contributed by atoms with Crippen molar-refractivity contribution in [1.29, 1.82) is 0 Å². The van der Waals surface area contributed by atoms with Crippen LogP contribution in [0.5, 0.6) is 5.75 Å². The molecule has 4 rings (SSSR count). The number of pyridine rings is 1. The number of hydrogen-bond donors (Lipinski definition) is 1. The van der Waals surface area contributed by atoms with Gasteiger partial charge in [-0.1, -0.05) is 12.1 Å². The first-order chi connectivity index (χ1) is 14.2. The number of phenolic OH excluding ortho intramolecular Hbond substituents is 1. The predicted octanol–water partition coefficient (Wildman–Crippen LogP) is 2.59. The molecule has 0 aliphatic carbocycles. The lowest BCUT2D eigenvalue weighted by Crippen LogP contribution is -2.50. The molecule has 2 aromatic heterocycles. The van der Waals surface area contributed by atoms with Crippen LogP contribution in [0.1, 0.15) is 24.2 Å². The summed E-state index contributed by atoms with van der Waals surface area (Å²) in [6, 6.07) is 9.23. The number of hydrogen-bond acceptors (Lipinski definition) is 7. The molecule has 150 valence electrons. The summed E-state index contributed by atoms with van der Waals surface area (Å²) in [7, 11) is 0. The highest BCUT2D eigenvalue weighted by Gasteiger charge is 2.31. The van der Waals surface area contributed by atoms with E-state index in [2.05, 4.69) is 19.9 Å². The summed E-state index contributed by atoms with van der Waals surface area (Å²) >= 11 is 0. The maximum atomic E-state index is 12.0. The van der Waals surface area contributed by atoms with Crippen LogP contribution in [0.25, 0.3) is 11.0 Å². The number of fused-ring (bicyclic) bond motifs is 1. The Kier molecular flexibility index (Phi) is 5.53. The molecule has 1 aliphatic heterocycles. The van der Waals surface area contributed by atoms with E-state index in [9.17, 15) is 9.90 Å².